The largest absolute Gasteiger partial charge is 0.344 e. The van der Waals surface area contributed by atoms with E-state index in [0.717, 1.165) is 50.0 Å². The molecule has 1 unspecified atom stereocenters. The molecule has 7 aromatic rings. The predicted molar refractivity (Wildman–Crippen MR) is 192 cm³/mol. The van der Waals surface area contributed by atoms with Crippen LogP contribution in [-0.4, -0.2) is 11.7 Å². The Morgan fingerprint density at radius 1 is 0.522 bits per heavy atom. The lowest BCUT2D eigenvalue weighted by atomic mass is 9.87. The molecular weight excluding hydrogens is 558 g/mol. The van der Waals surface area contributed by atoms with Gasteiger partial charge in [0.25, 0.3) is 0 Å². The van der Waals surface area contributed by atoms with Crippen molar-refractivity contribution in [3.63, 3.8) is 0 Å². The maximum absolute atomic E-state index is 5.89. The molecule has 46 heavy (non-hydrogen) atoms. The Balaban J connectivity index is 1.25. The van der Waals surface area contributed by atoms with E-state index >= 15 is 0 Å². The summed E-state index contributed by atoms with van der Waals surface area (Å²) in [6, 6.07) is 54.8. The van der Waals surface area contributed by atoms with E-state index < -0.39 is 0 Å². The maximum atomic E-state index is 5.89. The van der Waals surface area contributed by atoms with Crippen LogP contribution in [0.25, 0.3) is 43.8 Å². The highest BCUT2D eigenvalue weighted by Gasteiger charge is 2.22. The minimum absolute atomic E-state index is 0.288. The fourth-order valence-corrected chi connectivity index (χ4v) is 6.38. The highest BCUT2D eigenvalue weighted by atomic mass is 15.2. The maximum Gasteiger partial charge on any atom is 0.159 e. The molecule has 1 N–H and O–H groups in total. The summed E-state index contributed by atoms with van der Waals surface area (Å²) < 4.78 is 0. The Hall–Kier alpha value is -6.24. The molecule has 8 rings (SSSR count). The molecule has 3 heteroatoms. The van der Waals surface area contributed by atoms with E-state index in [0.29, 0.717) is 5.84 Å². The molecule has 1 heterocycles. The molecule has 0 saturated carbocycles. The first-order valence-corrected chi connectivity index (χ1v) is 15.4. The minimum Gasteiger partial charge on any atom is -0.344 e. The van der Waals surface area contributed by atoms with Crippen LogP contribution in [0.15, 0.2) is 168 Å². The van der Waals surface area contributed by atoms with Crippen molar-refractivity contribution in [3.05, 3.63) is 180 Å². The molecular formula is C43H29N3. The van der Waals surface area contributed by atoms with Gasteiger partial charge in [-0.25, -0.2) is 9.98 Å². The van der Waals surface area contributed by atoms with E-state index in [1.807, 2.05) is 42.5 Å². The van der Waals surface area contributed by atoms with Gasteiger partial charge in [0, 0.05) is 16.7 Å². The third-order valence-electron chi connectivity index (χ3n) is 8.64. The van der Waals surface area contributed by atoms with Gasteiger partial charge in [-0.05, 0) is 55.4 Å². The molecule has 0 amide bonds. The fourth-order valence-electron chi connectivity index (χ4n) is 6.38. The van der Waals surface area contributed by atoms with Crippen LogP contribution in [0.3, 0.4) is 0 Å². The summed E-state index contributed by atoms with van der Waals surface area (Å²) in [7, 11) is 0. The number of terminal acetylenes is 1. The topological polar surface area (TPSA) is 36.8 Å². The number of hydrogen-bond acceptors (Lipinski definition) is 3. The lowest BCUT2D eigenvalue weighted by molar-refractivity contribution is 0.674. The van der Waals surface area contributed by atoms with Crippen molar-refractivity contribution >= 4 is 33.2 Å². The third-order valence-corrected chi connectivity index (χ3v) is 8.64. The molecule has 0 radical (unpaired) electrons. The van der Waals surface area contributed by atoms with Gasteiger partial charge in [0.2, 0.25) is 0 Å². The molecule has 0 bridgehead atoms. The van der Waals surface area contributed by atoms with Crippen LogP contribution in [0.2, 0.25) is 0 Å². The summed E-state index contributed by atoms with van der Waals surface area (Å²) in [5, 5.41) is 8.23. The first-order chi connectivity index (χ1) is 22.8. The van der Waals surface area contributed by atoms with Gasteiger partial charge in [0.05, 0.1) is 0 Å². The average Bonchev–Trinajstić information content (AvgIpc) is 3.14. The number of aliphatic imine (C=N–C) groups is 2. The SMILES string of the molecule is C#Cc1ccc(-c2ccc3ccccc3c2-c2ccc(C3N=C(c4ccccc4)N=C(c4ccccc4)N3)cc2)c2ccccc12. The van der Waals surface area contributed by atoms with Gasteiger partial charge in [0.1, 0.15) is 12.0 Å². The second kappa shape index (κ2) is 11.7. The predicted octanol–water partition coefficient (Wildman–Crippen LogP) is 9.80. The molecule has 0 aromatic heterocycles. The lowest BCUT2D eigenvalue weighted by Crippen LogP contribution is -2.33. The molecule has 0 aliphatic carbocycles. The van der Waals surface area contributed by atoms with Gasteiger partial charge in [-0.2, -0.15) is 0 Å². The second-order valence-electron chi connectivity index (χ2n) is 11.4. The van der Waals surface area contributed by atoms with E-state index in [9.17, 15) is 0 Å². The average molecular weight is 588 g/mol. The van der Waals surface area contributed by atoms with Crippen LogP contribution in [0.4, 0.5) is 0 Å². The Labute approximate surface area is 268 Å². The van der Waals surface area contributed by atoms with E-state index in [1.165, 1.54) is 21.9 Å². The van der Waals surface area contributed by atoms with Crippen molar-refractivity contribution in [1.29, 1.82) is 0 Å². The molecule has 7 aromatic carbocycles. The van der Waals surface area contributed by atoms with Crippen LogP contribution in [0.1, 0.15) is 28.4 Å². The second-order valence-corrected chi connectivity index (χ2v) is 11.4. The van der Waals surface area contributed by atoms with Crippen LogP contribution in [-0.2, 0) is 0 Å². The van der Waals surface area contributed by atoms with Gasteiger partial charge in [-0.15, -0.1) is 6.42 Å². The molecule has 3 nitrogen and oxygen atoms in total. The minimum atomic E-state index is -0.288. The van der Waals surface area contributed by atoms with Crippen molar-refractivity contribution in [2.75, 3.05) is 0 Å². The summed E-state index contributed by atoms with van der Waals surface area (Å²) in [6.45, 7) is 0. The number of nitrogens with one attached hydrogen (secondary N) is 1. The van der Waals surface area contributed by atoms with Gasteiger partial charge in [-0.1, -0.05) is 158 Å². The molecule has 1 aliphatic heterocycles. The summed E-state index contributed by atoms with van der Waals surface area (Å²) in [5.74, 6) is 4.39. The van der Waals surface area contributed by atoms with Gasteiger partial charge < -0.3 is 5.32 Å². The molecule has 1 atom stereocenters. The first-order valence-electron chi connectivity index (χ1n) is 15.4. The zero-order chi connectivity index (χ0) is 30.9. The zero-order valence-corrected chi connectivity index (χ0v) is 25.1. The summed E-state index contributed by atoms with van der Waals surface area (Å²) in [4.78, 5) is 9.99. The lowest BCUT2D eigenvalue weighted by Gasteiger charge is -2.24. The smallest absolute Gasteiger partial charge is 0.159 e. The van der Waals surface area contributed by atoms with Crippen molar-refractivity contribution in [2.45, 2.75) is 6.17 Å². The first kappa shape index (κ1) is 27.3. The van der Waals surface area contributed by atoms with Crippen molar-refractivity contribution in [3.8, 4) is 34.6 Å². The Kier molecular flexibility index (Phi) is 6.94. The van der Waals surface area contributed by atoms with E-state index in [4.69, 9.17) is 16.4 Å². The summed E-state index contributed by atoms with van der Waals surface area (Å²) in [6.07, 6.45) is 5.60. The van der Waals surface area contributed by atoms with Crippen molar-refractivity contribution in [2.24, 2.45) is 9.98 Å². The zero-order valence-electron chi connectivity index (χ0n) is 25.1. The molecule has 216 valence electrons. The highest BCUT2D eigenvalue weighted by Crippen LogP contribution is 2.41. The number of hydrogen-bond donors (Lipinski definition) is 1. The van der Waals surface area contributed by atoms with Gasteiger partial charge in [-0.3, -0.25) is 0 Å². The standard InChI is InChI=1S/C43H29N3/c1-2-29-25-27-38(37-20-12-11-18-35(29)37)39-28-26-30-13-9-10-19-36(30)40(39)31-21-23-34(24-22-31)43-45-41(32-14-5-3-6-15-32)44-42(46-43)33-16-7-4-8-17-33/h1,3-28,43H,(H,44,45,46). The molecule has 0 spiro atoms. The monoisotopic (exact) mass is 587 g/mol. The Morgan fingerprint density at radius 2 is 1.15 bits per heavy atom. The number of benzene rings is 7. The summed E-state index contributed by atoms with van der Waals surface area (Å²) >= 11 is 0. The number of amidine groups is 2. The quantitative estimate of drug-likeness (QED) is 0.200. The van der Waals surface area contributed by atoms with Gasteiger partial charge >= 0.3 is 0 Å². The van der Waals surface area contributed by atoms with Crippen LogP contribution in [0.5, 0.6) is 0 Å². The molecule has 0 fully saturated rings. The Bertz CT molecular complexity index is 2330. The number of rotatable bonds is 5. The van der Waals surface area contributed by atoms with Crippen LogP contribution >= 0.6 is 0 Å². The van der Waals surface area contributed by atoms with Gasteiger partial charge in [0.15, 0.2) is 5.84 Å². The summed E-state index contributed by atoms with van der Waals surface area (Å²) in [5.41, 5.74) is 8.64. The number of nitrogens with zero attached hydrogens (tertiary/aromatic N) is 2. The van der Waals surface area contributed by atoms with Crippen LogP contribution in [0, 0.1) is 12.3 Å². The van der Waals surface area contributed by atoms with E-state index in [1.54, 1.807) is 0 Å². The van der Waals surface area contributed by atoms with E-state index in [-0.39, 0.29) is 6.17 Å². The highest BCUT2D eigenvalue weighted by molar-refractivity contribution is 6.13. The number of fused-ring (bicyclic) bond motifs is 2. The van der Waals surface area contributed by atoms with Crippen molar-refractivity contribution < 1.29 is 0 Å². The Morgan fingerprint density at radius 3 is 1.89 bits per heavy atom. The molecule has 1 aliphatic rings. The fraction of sp³-hybridized carbons (Fsp3) is 0.0233. The molecule has 0 saturated heterocycles. The van der Waals surface area contributed by atoms with Crippen LogP contribution < -0.4 is 5.32 Å². The third kappa shape index (κ3) is 4.93. The normalized spacial score (nSPS) is 14.3. The van der Waals surface area contributed by atoms with Crippen molar-refractivity contribution in [1.82, 2.24) is 5.32 Å². The van der Waals surface area contributed by atoms with E-state index in [2.05, 4.69) is 126 Å².